The maximum atomic E-state index is 13.5. The third-order valence-electron chi connectivity index (χ3n) is 2.70. The molecule has 0 aliphatic carbocycles. The highest BCUT2D eigenvalue weighted by molar-refractivity contribution is 7.17. The lowest BCUT2D eigenvalue weighted by atomic mass is 10.2. The Bertz CT molecular complexity index is 772. The van der Waals surface area contributed by atoms with Crippen molar-refractivity contribution in [2.75, 3.05) is 5.73 Å². The summed E-state index contributed by atoms with van der Waals surface area (Å²) >= 11 is 1.55. The second kappa shape index (κ2) is 4.47. The predicted octanol–water partition coefficient (Wildman–Crippen LogP) is 3.01. The number of halogens is 1. The monoisotopic (exact) mass is 274 g/mol. The van der Waals surface area contributed by atoms with Crippen molar-refractivity contribution in [1.82, 2.24) is 9.66 Å². The largest absolute Gasteiger partial charge is 0.368 e. The van der Waals surface area contributed by atoms with Crippen LogP contribution in [0.5, 0.6) is 0 Å². The van der Waals surface area contributed by atoms with Gasteiger partial charge in [-0.1, -0.05) is 0 Å². The van der Waals surface area contributed by atoms with Gasteiger partial charge >= 0.3 is 0 Å². The quantitative estimate of drug-likeness (QED) is 0.730. The molecule has 0 saturated heterocycles. The molecular weight excluding hydrogens is 263 g/mol. The summed E-state index contributed by atoms with van der Waals surface area (Å²) in [5, 5.41) is 7.02. The van der Waals surface area contributed by atoms with E-state index in [1.165, 1.54) is 16.8 Å². The van der Waals surface area contributed by atoms with Gasteiger partial charge in [-0.3, -0.25) is 0 Å². The number of anilines is 1. The van der Waals surface area contributed by atoms with E-state index in [4.69, 9.17) is 5.73 Å². The fraction of sp³-hybridized carbons (Fsp3) is 0.0769. The Hall–Kier alpha value is -2.21. The van der Waals surface area contributed by atoms with Crippen molar-refractivity contribution in [3.8, 4) is 0 Å². The normalized spacial score (nSPS) is 11.7. The number of aromatic nitrogens is 2. The van der Waals surface area contributed by atoms with Gasteiger partial charge in [-0.05, 0) is 35.9 Å². The molecule has 2 aromatic heterocycles. The first-order valence-electron chi connectivity index (χ1n) is 5.66. The van der Waals surface area contributed by atoms with Gasteiger partial charge in [0.05, 0.1) is 18.1 Å². The molecule has 0 saturated carbocycles. The van der Waals surface area contributed by atoms with Crippen molar-refractivity contribution in [2.45, 2.75) is 6.92 Å². The number of thiophene rings is 1. The van der Waals surface area contributed by atoms with Crippen molar-refractivity contribution in [2.24, 2.45) is 5.10 Å². The van der Waals surface area contributed by atoms with Crippen LogP contribution in [-0.2, 0) is 0 Å². The van der Waals surface area contributed by atoms with Crippen LogP contribution in [-0.4, -0.2) is 15.9 Å². The molecule has 2 heterocycles. The Kier molecular flexibility index (Phi) is 2.79. The number of imidazole rings is 1. The summed E-state index contributed by atoms with van der Waals surface area (Å²) in [6.07, 6.45) is 3.32. The number of fused-ring (bicyclic) bond motifs is 1. The smallest absolute Gasteiger partial charge is 0.221 e. The molecule has 96 valence electrons. The maximum absolute atomic E-state index is 13.5. The molecule has 6 heteroatoms. The Balaban J connectivity index is 2.05. The summed E-state index contributed by atoms with van der Waals surface area (Å²) in [6, 6.07) is 4.86. The van der Waals surface area contributed by atoms with Crippen molar-refractivity contribution >= 4 is 33.6 Å². The van der Waals surface area contributed by atoms with Crippen LogP contribution in [0.1, 0.15) is 11.3 Å². The predicted molar refractivity (Wildman–Crippen MR) is 76.2 cm³/mol. The number of hydrogen-bond donors (Lipinski definition) is 1. The summed E-state index contributed by atoms with van der Waals surface area (Å²) in [5.74, 6) is 0.0368. The Morgan fingerprint density at radius 1 is 1.47 bits per heavy atom. The van der Waals surface area contributed by atoms with Crippen LogP contribution >= 0.6 is 11.3 Å². The summed E-state index contributed by atoms with van der Waals surface area (Å²) in [7, 11) is 0. The molecular formula is C13H11FN4S. The lowest BCUT2D eigenvalue weighted by Crippen LogP contribution is -1.97. The van der Waals surface area contributed by atoms with E-state index in [1.807, 2.05) is 18.4 Å². The SMILES string of the molecule is Cc1cn(N=Cc2cc(F)cc3ccsc23)c(N)n1. The zero-order valence-corrected chi connectivity index (χ0v) is 11.0. The average Bonchev–Trinajstić information content (AvgIpc) is 2.92. The molecule has 2 N–H and O–H groups in total. The van der Waals surface area contributed by atoms with Gasteiger partial charge in [-0.2, -0.15) is 5.10 Å². The minimum atomic E-state index is -0.276. The maximum Gasteiger partial charge on any atom is 0.221 e. The summed E-state index contributed by atoms with van der Waals surface area (Å²) in [4.78, 5) is 4.05. The third kappa shape index (κ3) is 2.22. The van der Waals surface area contributed by atoms with E-state index < -0.39 is 0 Å². The van der Waals surface area contributed by atoms with Crippen LogP contribution in [0, 0.1) is 12.7 Å². The van der Waals surface area contributed by atoms with Gasteiger partial charge in [0, 0.05) is 10.3 Å². The van der Waals surface area contributed by atoms with Gasteiger partial charge in [-0.25, -0.2) is 14.1 Å². The van der Waals surface area contributed by atoms with E-state index in [0.29, 0.717) is 5.95 Å². The number of nitrogens with zero attached hydrogens (tertiary/aromatic N) is 3. The summed E-state index contributed by atoms with van der Waals surface area (Å²) in [5.41, 5.74) is 7.21. The first-order chi connectivity index (χ1) is 9.13. The summed E-state index contributed by atoms with van der Waals surface area (Å²) < 4.78 is 16.0. The number of nitrogen functional groups attached to an aromatic ring is 1. The van der Waals surface area contributed by atoms with Crippen molar-refractivity contribution in [1.29, 1.82) is 0 Å². The topological polar surface area (TPSA) is 56.2 Å². The van der Waals surface area contributed by atoms with Crippen molar-refractivity contribution in [3.05, 3.63) is 46.9 Å². The molecule has 3 rings (SSSR count). The van der Waals surface area contributed by atoms with Gasteiger partial charge in [0.15, 0.2) is 0 Å². The highest BCUT2D eigenvalue weighted by Crippen LogP contribution is 2.25. The van der Waals surface area contributed by atoms with Crippen molar-refractivity contribution < 1.29 is 4.39 Å². The van der Waals surface area contributed by atoms with Crippen LogP contribution in [0.25, 0.3) is 10.1 Å². The van der Waals surface area contributed by atoms with E-state index in [0.717, 1.165) is 21.3 Å². The molecule has 0 aliphatic rings. The van der Waals surface area contributed by atoms with Crippen molar-refractivity contribution in [3.63, 3.8) is 0 Å². The molecule has 0 bridgehead atoms. The number of aryl methyl sites for hydroxylation is 1. The highest BCUT2D eigenvalue weighted by Gasteiger charge is 2.04. The third-order valence-corrected chi connectivity index (χ3v) is 3.68. The fourth-order valence-electron chi connectivity index (χ4n) is 1.89. The fourth-order valence-corrected chi connectivity index (χ4v) is 2.75. The van der Waals surface area contributed by atoms with E-state index >= 15 is 0 Å². The molecule has 0 unspecified atom stereocenters. The van der Waals surface area contributed by atoms with Crippen LogP contribution in [0.4, 0.5) is 10.3 Å². The minimum Gasteiger partial charge on any atom is -0.368 e. The zero-order valence-electron chi connectivity index (χ0n) is 10.2. The molecule has 0 atom stereocenters. The Morgan fingerprint density at radius 3 is 3.05 bits per heavy atom. The first-order valence-corrected chi connectivity index (χ1v) is 6.54. The minimum absolute atomic E-state index is 0.276. The van der Waals surface area contributed by atoms with E-state index in [-0.39, 0.29) is 5.82 Å². The highest BCUT2D eigenvalue weighted by atomic mass is 32.1. The van der Waals surface area contributed by atoms with Gasteiger partial charge < -0.3 is 5.73 Å². The van der Waals surface area contributed by atoms with Crippen LogP contribution in [0.2, 0.25) is 0 Å². The molecule has 0 fully saturated rings. The van der Waals surface area contributed by atoms with Gasteiger partial charge in [-0.15, -0.1) is 11.3 Å². The zero-order chi connectivity index (χ0) is 13.4. The van der Waals surface area contributed by atoms with E-state index in [9.17, 15) is 4.39 Å². The van der Waals surface area contributed by atoms with Crippen LogP contribution in [0.15, 0.2) is 34.9 Å². The first kappa shape index (κ1) is 11.9. The number of benzene rings is 1. The van der Waals surface area contributed by atoms with Crippen LogP contribution in [0.3, 0.4) is 0 Å². The summed E-state index contributed by atoms with van der Waals surface area (Å²) in [6.45, 7) is 1.84. The second-order valence-electron chi connectivity index (χ2n) is 4.16. The van der Waals surface area contributed by atoms with Gasteiger partial charge in [0.1, 0.15) is 5.82 Å². The molecule has 0 amide bonds. The van der Waals surface area contributed by atoms with Gasteiger partial charge in [0.25, 0.3) is 0 Å². The number of nitrogens with two attached hydrogens (primary N) is 1. The molecule has 4 nitrogen and oxygen atoms in total. The average molecular weight is 274 g/mol. The molecule has 0 aliphatic heterocycles. The second-order valence-corrected chi connectivity index (χ2v) is 5.08. The number of rotatable bonds is 2. The molecule has 19 heavy (non-hydrogen) atoms. The Morgan fingerprint density at radius 2 is 2.32 bits per heavy atom. The van der Waals surface area contributed by atoms with Gasteiger partial charge in [0.2, 0.25) is 5.95 Å². The van der Waals surface area contributed by atoms with E-state index in [1.54, 1.807) is 23.7 Å². The lowest BCUT2D eigenvalue weighted by molar-refractivity contribution is 0.629. The molecule has 3 aromatic rings. The standard InChI is InChI=1S/C13H11FN4S/c1-8-7-18(13(15)17-8)16-6-10-5-11(14)4-9-2-3-19-12(9)10/h2-7H,1H3,(H2,15,17). The lowest BCUT2D eigenvalue weighted by Gasteiger charge is -1.98. The Labute approximate surface area is 113 Å². The van der Waals surface area contributed by atoms with Crippen LogP contribution < -0.4 is 5.73 Å². The molecule has 0 radical (unpaired) electrons. The molecule has 1 aromatic carbocycles. The van der Waals surface area contributed by atoms with E-state index in [2.05, 4.69) is 10.1 Å². The molecule has 0 spiro atoms. The number of hydrogen-bond acceptors (Lipinski definition) is 4.